The van der Waals surface area contributed by atoms with Crippen molar-refractivity contribution < 1.29 is 0 Å². The van der Waals surface area contributed by atoms with Crippen molar-refractivity contribution in [2.45, 2.75) is 46.2 Å². The minimum absolute atomic E-state index is 0.606. The molecule has 1 rings (SSSR count). The second-order valence-electron chi connectivity index (χ2n) is 5.83. The molecule has 0 heterocycles. The Kier molecular flexibility index (Phi) is 7.78. The Morgan fingerprint density at radius 1 is 1.20 bits per heavy atom. The minimum atomic E-state index is 0.606. The summed E-state index contributed by atoms with van der Waals surface area (Å²) >= 11 is 3.65. The second kappa shape index (κ2) is 8.81. The number of nitrogens with one attached hydrogen (secondary N) is 1. The van der Waals surface area contributed by atoms with Crippen LogP contribution in [0.3, 0.4) is 0 Å². The van der Waals surface area contributed by atoms with Crippen molar-refractivity contribution >= 4 is 15.9 Å². The van der Waals surface area contributed by atoms with E-state index in [1.165, 1.54) is 28.4 Å². The molecule has 0 radical (unpaired) electrons. The third-order valence-electron chi connectivity index (χ3n) is 4.13. The lowest BCUT2D eigenvalue weighted by Gasteiger charge is -2.31. The quantitative estimate of drug-likeness (QED) is 0.762. The highest BCUT2D eigenvalue weighted by Crippen LogP contribution is 2.19. The van der Waals surface area contributed by atoms with Crippen LogP contribution in [-0.2, 0) is 6.54 Å². The van der Waals surface area contributed by atoms with Gasteiger partial charge in [-0.05, 0) is 44.1 Å². The highest BCUT2D eigenvalue weighted by atomic mass is 79.9. The van der Waals surface area contributed by atoms with Crippen molar-refractivity contribution in [3.63, 3.8) is 0 Å². The van der Waals surface area contributed by atoms with Gasteiger partial charge in [0.2, 0.25) is 0 Å². The highest BCUT2D eigenvalue weighted by molar-refractivity contribution is 9.10. The summed E-state index contributed by atoms with van der Waals surface area (Å²) in [5.41, 5.74) is 2.63. The maximum absolute atomic E-state index is 3.65. The van der Waals surface area contributed by atoms with E-state index in [9.17, 15) is 0 Å². The van der Waals surface area contributed by atoms with Crippen molar-refractivity contribution in [2.24, 2.45) is 5.92 Å². The zero-order valence-electron chi connectivity index (χ0n) is 13.5. The molecule has 1 aromatic rings. The van der Waals surface area contributed by atoms with E-state index < -0.39 is 0 Å². The van der Waals surface area contributed by atoms with E-state index >= 15 is 0 Å². The highest BCUT2D eigenvalue weighted by Gasteiger charge is 2.20. The Bertz CT molecular complexity index is 400. The SMILES string of the molecule is CCC(CC)C(CNCc1ccc(C)cc1Br)N(C)C. The monoisotopic (exact) mass is 340 g/mol. The van der Waals surface area contributed by atoms with Gasteiger partial charge in [-0.15, -0.1) is 0 Å². The minimum Gasteiger partial charge on any atom is -0.311 e. The molecule has 0 spiro atoms. The summed E-state index contributed by atoms with van der Waals surface area (Å²) in [6, 6.07) is 7.16. The Hall–Kier alpha value is -0.380. The van der Waals surface area contributed by atoms with Crippen LogP contribution in [0.25, 0.3) is 0 Å². The first-order chi connectivity index (χ1) is 9.49. The normalized spacial score (nSPS) is 13.2. The first kappa shape index (κ1) is 17.7. The predicted molar refractivity (Wildman–Crippen MR) is 92.1 cm³/mol. The van der Waals surface area contributed by atoms with E-state index in [-0.39, 0.29) is 0 Å². The summed E-state index contributed by atoms with van der Waals surface area (Å²) in [4.78, 5) is 2.36. The number of hydrogen-bond acceptors (Lipinski definition) is 2. The van der Waals surface area contributed by atoms with Crippen LogP contribution < -0.4 is 5.32 Å². The fourth-order valence-corrected chi connectivity index (χ4v) is 3.39. The number of hydrogen-bond donors (Lipinski definition) is 1. The molecule has 0 bridgehead atoms. The van der Waals surface area contributed by atoms with Gasteiger partial charge in [0.1, 0.15) is 0 Å². The van der Waals surface area contributed by atoms with Crippen LogP contribution in [0.5, 0.6) is 0 Å². The van der Waals surface area contributed by atoms with Crippen LogP contribution >= 0.6 is 15.9 Å². The van der Waals surface area contributed by atoms with E-state index in [1.54, 1.807) is 0 Å². The van der Waals surface area contributed by atoms with E-state index in [2.05, 4.69) is 79.2 Å². The lowest BCUT2D eigenvalue weighted by molar-refractivity contribution is 0.194. The summed E-state index contributed by atoms with van der Waals surface area (Å²) < 4.78 is 1.20. The van der Waals surface area contributed by atoms with Gasteiger partial charge in [0.15, 0.2) is 0 Å². The third-order valence-corrected chi connectivity index (χ3v) is 4.87. The standard InChI is InChI=1S/C17H29BrN2/c1-6-14(7-2)17(20(4)5)12-19-11-15-9-8-13(3)10-16(15)18/h8-10,14,17,19H,6-7,11-12H2,1-5H3. The van der Waals surface area contributed by atoms with Crippen molar-refractivity contribution in [1.29, 1.82) is 0 Å². The second-order valence-corrected chi connectivity index (χ2v) is 6.69. The molecule has 1 aromatic carbocycles. The maximum atomic E-state index is 3.65. The van der Waals surface area contributed by atoms with Gasteiger partial charge >= 0.3 is 0 Å². The molecule has 0 aliphatic heterocycles. The molecule has 1 unspecified atom stereocenters. The van der Waals surface area contributed by atoms with Gasteiger partial charge in [-0.3, -0.25) is 0 Å². The number of halogens is 1. The Morgan fingerprint density at radius 3 is 2.35 bits per heavy atom. The zero-order chi connectivity index (χ0) is 15.1. The first-order valence-corrected chi connectivity index (χ1v) is 8.41. The summed E-state index contributed by atoms with van der Waals surface area (Å²) in [5, 5.41) is 3.62. The van der Waals surface area contributed by atoms with Gasteiger partial charge in [-0.25, -0.2) is 0 Å². The number of rotatable bonds is 8. The molecule has 20 heavy (non-hydrogen) atoms. The Morgan fingerprint density at radius 2 is 1.85 bits per heavy atom. The van der Waals surface area contributed by atoms with Crippen LogP contribution in [0, 0.1) is 12.8 Å². The molecule has 0 saturated carbocycles. The molecule has 0 fully saturated rings. The lowest BCUT2D eigenvalue weighted by atomic mass is 9.93. The van der Waals surface area contributed by atoms with Crippen LogP contribution in [-0.4, -0.2) is 31.6 Å². The molecule has 0 saturated heterocycles. The Labute approximate surface area is 133 Å². The van der Waals surface area contributed by atoms with Crippen molar-refractivity contribution in [3.8, 4) is 0 Å². The molecule has 0 aliphatic rings. The van der Waals surface area contributed by atoms with E-state index in [0.29, 0.717) is 6.04 Å². The number of benzene rings is 1. The van der Waals surface area contributed by atoms with E-state index in [4.69, 9.17) is 0 Å². The first-order valence-electron chi connectivity index (χ1n) is 7.61. The van der Waals surface area contributed by atoms with Gasteiger partial charge in [0.25, 0.3) is 0 Å². The summed E-state index contributed by atoms with van der Waals surface area (Å²) in [6.07, 6.45) is 2.49. The van der Waals surface area contributed by atoms with E-state index in [0.717, 1.165) is 19.0 Å². The molecule has 0 aliphatic carbocycles. The van der Waals surface area contributed by atoms with Gasteiger partial charge < -0.3 is 10.2 Å². The molecule has 114 valence electrons. The van der Waals surface area contributed by atoms with Crippen LogP contribution in [0.4, 0.5) is 0 Å². The molecule has 1 N–H and O–H groups in total. The van der Waals surface area contributed by atoms with Crippen LogP contribution in [0.15, 0.2) is 22.7 Å². The molecule has 3 heteroatoms. The van der Waals surface area contributed by atoms with Crippen molar-refractivity contribution in [3.05, 3.63) is 33.8 Å². The lowest BCUT2D eigenvalue weighted by Crippen LogP contribution is -2.42. The van der Waals surface area contributed by atoms with Crippen molar-refractivity contribution in [1.82, 2.24) is 10.2 Å². The molecule has 2 nitrogen and oxygen atoms in total. The fraction of sp³-hybridized carbons (Fsp3) is 0.647. The molecule has 1 atom stereocenters. The van der Waals surface area contributed by atoms with Gasteiger partial charge in [0, 0.05) is 23.6 Å². The van der Waals surface area contributed by atoms with Gasteiger partial charge in [0.05, 0.1) is 0 Å². The topological polar surface area (TPSA) is 15.3 Å². The fourth-order valence-electron chi connectivity index (χ4n) is 2.75. The summed E-state index contributed by atoms with van der Waals surface area (Å²) in [5.74, 6) is 0.763. The Balaban J connectivity index is 2.56. The number of nitrogens with zero attached hydrogens (tertiary/aromatic N) is 1. The summed E-state index contributed by atoms with van der Waals surface area (Å²) in [6.45, 7) is 8.67. The molecular weight excluding hydrogens is 312 g/mol. The molecule has 0 aromatic heterocycles. The maximum Gasteiger partial charge on any atom is 0.0242 e. The van der Waals surface area contributed by atoms with Gasteiger partial charge in [-0.1, -0.05) is 54.8 Å². The average Bonchev–Trinajstić information content (AvgIpc) is 2.40. The predicted octanol–water partition coefficient (Wildman–Crippen LogP) is 4.21. The van der Waals surface area contributed by atoms with Crippen molar-refractivity contribution in [2.75, 3.05) is 20.6 Å². The van der Waals surface area contributed by atoms with Gasteiger partial charge in [-0.2, -0.15) is 0 Å². The molecular formula is C17H29BrN2. The van der Waals surface area contributed by atoms with E-state index in [1.807, 2.05) is 0 Å². The largest absolute Gasteiger partial charge is 0.311 e. The third kappa shape index (κ3) is 5.19. The average molecular weight is 341 g/mol. The summed E-state index contributed by atoms with van der Waals surface area (Å²) in [7, 11) is 4.37. The van der Waals surface area contributed by atoms with Crippen LogP contribution in [0.2, 0.25) is 0 Å². The van der Waals surface area contributed by atoms with Crippen LogP contribution in [0.1, 0.15) is 37.8 Å². The smallest absolute Gasteiger partial charge is 0.0242 e. The molecule has 0 amide bonds. The number of likely N-dealkylation sites (N-methyl/N-ethyl adjacent to an activating group) is 1. The zero-order valence-corrected chi connectivity index (χ0v) is 15.1. The number of aryl methyl sites for hydroxylation is 1.